The lowest BCUT2D eigenvalue weighted by Gasteiger charge is -2.60. The molecule has 0 heterocycles. The highest BCUT2D eigenvalue weighted by Crippen LogP contribution is 2.62. The second-order valence-electron chi connectivity index (χ2n) is 8.81. The van der Waals surface area contributed by atoms with Crippen molar-refractivity contribution in [3.63, 3.8) is 0 Å². The molecule has 0 aliphatic heterocycles. The van der Waals surface area contributed by atoms with Crippen molar-refractivity contribution in [2.45, 2.75) is 51.0 Å². The van der Waals surface area contributed by atoms with Crippen molar-refractivity contribution in [3.05, 3.63) is 28.7 Å². The predicted molar refractivity (Wildman–Crippen MR) is 107 cm³/mol. The maximum atomic E-state index is 13.0. The van der Waals surface area contributed by atoms with Gasteiger partial charge in [-0.05, 0) is 78.4 Å². The number of carbonyl (C=O) groups excluding carboxylic acids is 3. The second kappa shape index (κ2) is 7.17. The van der Waals surface area contributed by atoms with Crippen LogP contribution >= 0.6 is 15.9 Å². The third-order valence-electron chi connectivity index (χ3n) is 6.42. The molecule has 4 aliphatic carbocycles. The first kappa shape index (κ1) is 19.4. The zero-order chi connectivity index (χ0) is 19.9. The Morgan fingerprint density at radius 3 is 2.46 bits per heavy atom. The van der Waals surface area contributed by atoms with E-state index in [1.807, 2.05) is 18.2 Å². The van der Waals surface area contributed by atoms with Crippen molar-refractivity contribution in [1.82, 2.24) is 5.32 Å². The highest BCUT2D eigenvalue weighted by atomic mass is 79.9. The van der Waals surface area contributed by atoms with Gasteiger partial charge in [-0.1, -0.05) is 12.1 Å². The molecule has 0 spiro atoms. The Bertz CT molecular complexity index is 810. The fourth-order valence-corrected chi connectivity index (χ4v) is 6.44. The molecular formula is C21H25BrN2O4. The Kier molecular flexibility index (Phi) is 4.98. The summed E-state index contributed by atoms with van der Waals surface area (Å²) >= 11 is 3.38. The number of para-hydroxylation sites is 1. The van der Waals surface area contributed by atoms with E-state index in [0.29, 0.717) is 23.9 Å². The zero-order valence-corrected chi connectivity index (χ0v) is 17.5. The lowest BCUT2D eigenvalue weighted by atomic mass is 9.47. The van der Waals surface area contributed by atoms with E-state index in [-0.39, 0.29) is 29.9 Å². The minimum atomic E-state index is -0.569. The number of hydrogen-bond acceptors (Lipinski definition) is 4. The van der Waals surface area contributed by atoms with Gasteiger partial charge < -0.3 is 15.4 Å². The lowest BCUT2D eigenvalue weighted by molar-refractivity contribution is -0.176. The highest BCUT2D eigenvalue weighted by Gasteiger charge is 2.61. The van der Waals surface area contributed by atoms with Gasteiger partial charge in [0.25, 0.3) is 5.91 Å². The minimum Gasteiger partial charge on any atom is -0.455 e. The summed E-state index contributed by atoms with van der Waals surface area (Å²) in [5.41, 5.74) is -0.213. The van der Waals surface area contributed by atoms with Crippen LogP contribution < -0.4 is 10.6 Å². The van der Waals surface area contributed by atoms with Crippen LogP contribution in [0.4, 0.5) is 5.69 Å². The van der Waals surface area contributed by atoms with Gasteiger partial charge in [0.15, 0.2) is 6.61 Å². The van der Waals surface area contributed by atoms with Crippen molar-refractivity contribution in [3.8, 4) is 0 Å². The Labute approximate surface area is 172 Å². The average molecular weight is 449 g/mol. The molecule has 6 nitrogen and oxygen atoms in total. The molecular weight excluding hydrogens is 424 g/mol. The van der Waals surface area contributed by atoms with E-state index in [0.717, 1.165) is 36.6 Å². The van der Waals surface area contributed by atoms with Crippen molar-refractivity contribution in [2.75, 3.05) is 11.9 Å². The van der Waals surface area contributed by atoms with Crippen LogP contribution in [-0.2, 0) is 19.1 Å². The van der Waals surface area contributed by atoms with E-state index in [9.17, 15) is 14.4 Å². The first-order valence-corrected chi connectivity index (χ1v) is 10.6. The summed E-state index contributed by atoms with van der Waals surface area (Å²) in [6.07, 6.45) is 5.24. The average Bonchev–Trinajstić information content (AvgIpc) is 2.59. The van der Waals surface area contributed by atoms with Crippen LogP contribution in [-0.4, -0.2) is 29.9 Å². The fourth-order valence-electron chi connectivity index (χ4n) is 6.05. The van der Waals surface area contributed by atoms with E-state index in [1.54, 1.807) is 6.07 Å². The van der Waals surface area contributed by atoms with Crippen LogP contribution in [0.15, 0.2) is 28.7 Å². The predicted octanol–water partition coefficient (Wildman–Crippen LogP) is 3.41. The number of esters is 1. The maximum Gasteiger partial charge on any atom is 0.312 e. The summed E-state index contributed by atoms with van der Waals surface area (Å²) in [6, 6.07) is 7.29. The number of ether oxygens (including phenoxy) is 1. The number of rotatable bonds is 5. The number of anilines is 1. The van der Waals surface area contributed by atoms with Gasteiger partial charge in [-0.2, -0.15) is 0 Å². The van der Waals surface area contributed by atoms with Gasteiger partial charge in [0.05, 0.1) is 11.1 Å². The molecule has 2 amide bonds. The van der Waals surface area contributed by atoms with Gasteiger partial charge >= 0.3 is 5.97 Å². The smallest absolute Gasteiger partial charge is 0.312 e. The van der Waals surface area contributed by atoms with Crippen molar-refractivity contribution in [1.29, 1.82) is 0 Å². The van der Waals surface area contributed by atoms with Crippen LogP contribution in [0, 0.1) is 17.3 Å². The van der Waals surface area contributed by atoms with E-state index in [2.05, 4.69) is 26.6 Å². The number of amides is 2. The molecule has 0 radical (unpaired) electrons. The fraction of sp³-hybridized carbons (Fsp3) is 0.571. The Morgan fingerprint density at radius 1 is 1.14 bits per heavy atom. The lowest BCUT2D eigenvalue weighted by Crippen LogP contribution is -2.64. The molecule has 4 bridgehead atoms. The van der Waals surface area contributed by atoms with Gasteiger partial charge in [0.2, 0.25) is 5.91 Å². The quantitative estimate of drug-likeness (QED) is 0.675. The Balaban J connectivity index is 1.41. The molecule has 5 rings (SSSR count). The van der Waals surface area contributed by atoms with Crippen molar-refractivity contribution >= 4 is 39.4 Å². The van der Waals surface area contributed by atoms with Gasteiger partial charge in [-0.3, -0.25) is 14.4 Å². The third-order valence-corrected chi connectivity index (χ3v) is 7.11. The monoisotopic (exact) mass is 448 g/mol. The number of halogens is 1. The highest BCUT2D eigenvalue weighted by molar-refractivity contribution is 9.10. The summed E-state index contributed by atoms with van der Waals surface area (Å²) in [6.45, 7) is 1.24. The summed E-state index contributed by atoms with van der Waals surface area (Å²) in [7, 11) is 0. The molecule has 7 heteroatoms. The van der Waals surface area contributed by atoms with Crippen LogP contribution in [0.25, 0.3) is 0 Å². The van der Waals surface area contributed by atoms with Crippen LogP contribution in [0.1, 0.15) is 45.4 Å². The maximum absolute atomic E-state index is 13.0. The molecule has 4 fully saturated rings. The van der Waals surface area contributed by atoms with Gasteiger partial charge in [-0.15, -0.1) is 0 Å². The number of nitrogens with one attached hydrogen (secondary N) is 2. The van der Waals surface area contributed by atoms with Crippen molar-refractivity contribution < 1.29 is 19.1 Å². The molecule has 1 aromatic rings. The van der Waals surface area contributed by atoms with Crippen LogP contribution in [0.3, 0.4) is 0 Å². The third kappa shape index (κ3) is 3.69. The SMILES string of the molecule is CC(=O)NC12CC3CC(C1)CC(C(=O)OCC(=O)Nc1ccccc1Br)(C3)C2. The van der Waals surface area contributed by atoms with Crippen LogP contribution in [0.2, 0.25) is 0 Å². The van der Waals surface area contributed by atoms with E-state index in [4.69, 9.17) is 4.74 Å². The molecule has 0 saturated heterocycles. The normalized spacial score (nSPS) is 32.6. The van der Waals surface area contributed by atoms with Crippen LogP contribution in [0.5, 0.6) is 0 Å². The minimum absolute atomic E-state index is 0.0433. The number of carbonyl (C=O) groups is 3. The molecule has 4 saturated carbocycles. The molecule has 1 aromatic carbocycles. The molecule has 2 unspecified atom stereocenters. The van der Waals surface area contributed by atoms with E-state index >= 15 is 0 Å². The topological polar surface area (TPSA) is 84.5 Å². The second-order valence-corrected chi connectivity index (χ2v) is 9.66. The molecule has 2 N–H and O–H groups in total. The van der Waals surface area contributed by atoms with Crippen molar-refractivity contribution in [2.24, 2.45) is 17.3 Å². The zero-order valence-electron chi connectivity index (χ0n) is 15.9. The largest absolute Gasteiger partial charge is 0.455 e. The Morgan fingerprint density at radius 2 is 1.82 bits per heavy atom. The molecule has 28 heavy (non-hydrogen) atoms. The number of hydrogen-bond donors (Lipinski definition) is 2. The summed E-state index contributed by atoms with van der Waals surface area (Å²) in [4.78, 5) is 37.0. The molecule has 0 aromatic heterocycles. The Hall–Kier alpha value is -1.89. The number of benzene rings is 1. The molecule has 150 valence electrons. The molecule has 4 aliphatic rings. The summed E-state index contributed by atoms with van der Waals surface area (Å²) < 4.78 is 6.24. The van der Waals surface area contributed by atoms with Gasteiger partial charge in [-0.25, -0.2) is 0 Å². The first-order valence-electron chi connectivity index (χ1n) is 9.80. The molecule has 2 atom stereocenters. The standard InChI is InChI=1S/C21H25BrN2O4/c1-13(25)24-21-9-14-6-15(10-21)8-20(7-14,12-21)19(27)28-11-18(26)23-17-5-3-2-4-16(17)22/h2-5,14-15H,6-12H2,1H3,(H,23,26)(H,24,25). The van der Waals surface area contributed by atoms with Gasteiger partial charge in [0, 0.05) is 16.9 Å². The van der Waals surface area contributed by atoms with E-state index < -0.39 is 5.41 Å². The summed E-state index contributed by atoms with van der Waals surface area (Å²) in [5, 5.41) is 5.89. The first-order chi connectivity index (χ1) is 13.3. The van der Waals surface area contributed by atoms with Gasteiger partial charge in [0.1, 0.15) is 0 Å². The summed E-state index contributed by atoms with van der Waals surface area (Å²) in [5.74, 6) is 0.183. The van der Waals surface area contributed by atoms with E-state index in [1.165, 1.54) is 6.92 Å².